The molecule has 0 heterocycles. The highest BCUT2D eigenvalue weighted by molar-refractivity contribution is 5.33. The van der Waals surface area contributed by atoms with Crippen LogP contribution in [0.3, 0.4) is 0 Å². The smallest absolute Gasteiger partial charge is 0.122 e. The van der Waals surface area contributed by atoms with Gasteiger partial charge in [0.15, 0.2) is 0 Å². The molecular formula is C15H25NO. The molecule has 96 valence electrons. The third-order valence-corrected chi connectivity index (χ3v) is 3.43. The van der Waals surface area contributed by atoms with Gasteiger partial charge in [0, 0.05) is 6.04 Å². The Morgan fingerprint density at radius 2 is 1.94 bits per heavy atom. The van der Waals surface area contributed by atoms with Gasteiger partial charge in [0.25, 0.3) is 0 Å². The Morgan fingerprint density at radius 3 is 2.53 bits per heavy atom. The molecule has 0 saturated carbocycles. The van der Waals surface area contributed by atoms with Crippen LogP contribution in [0.25, 0.3) is 0 Å². The largest absolute Gasteiger partial charge is 0.496 e. The fraction of sp³-hybridized carbons (Fsp3) is 0.600. The minimum absolute atomic E-state index is 0.529. The summed E-state index contributed by atoms with van der Waals surface area (Å²) >= 11 is 0. The lowest BCUT2D eigenvalue weighted by Gasteiger charge is -2.24. The Morgan fingerprint density at radius 1 is 1.24 bits per heavy atom. The van der Waals surface area contributed by atoms with Crippen molar-refractivity contribution in [3.05, 3.63) is 29.8 Å². The first-order chi connectivity index (χ1) is 8.22. The summed E-state index contributed by atoms with van der Waals surface area (Å²) in [6.07, 6.45) is 2.24. The molecule has 0 aromatic heterocycles. The molecule has 0 spiro atoms. The van der Waals surface area contributed by atoms with Gasteiger partial charge in [0.05, 0.1) is 7.11 Å². The van der Waals surface area contributed by atoms with Crippen molar-refractivity contribution >= 4 is 0 Å². The molecule has 0 bridgehead atoms. The number of hydrogen-bond acceptors (Lipinski definition) is 2. The first-order valence-electron chi connectivity index (χ1n) is 6.58. The summed E-state index contributed by atoms with van der Waals surface area (Å²) in [5.41, 5.74) is 1.29. The molecule has 0 aliphatic rings. The average Bonchev–Trinajstić information content (AvgIpc) is 2.38. The Kier molecular flexibility index (Phi) is 6.06. The van der Waals surface area contributed by atoms with Gasteiger partial charge in [-0.05, 0) is 30.5 Å². The minimum Gasteiger partial charge on any atom is -0.496 e. The van der Waals surface area contributed by atoms with Crippen molar-refractivity contribution in [1.82, 2.24) is 5.32 Å². The van der Waals surface area contributed by atoms with E-state index in [1.165, 1.54) is 12.0 Å². The van der Waals surface area contributed by atoms with E-state index < -0.39 is 0 Å². The van der Waals surface area contributed by atoms with Crippen LogP contribution in [0.1, 0.15) is 32.8 Å². The highest BCUT2D eigenvalue weighted by Crippen LogP contribution is 2.21. The van der Waals surface area contributed by atoms with E-state index in [0.29, 0.717) is 12.0 Å². The van der Waals surface area contributed by atoms with E-state index in [0.717, 1.165) is 18.7 Å². The molecule has 1 aromatic carbocycles. The van der Waals surface area contributed by atoms with Crippen molar-refractivity contribution < 1.29 is 4.74 Å². The van der Waals surface area contributed by atoms with Crippen molar-refractivity contribution in [2.75, 3.05) is 13.7 Å². The first kappa shape index (κ1) is 14.0. The van der Waals surface area contributed by atoms with Crippen LogP contribution in [-0.4, -0.2) is 19.7 Å². The lowest BCUT2D eigenvalue weighted by molar-refractivity contribution is 0.360. The molecule has 0 fully saturated rings. The number of para-hydroxylation sites is 1. The van der Waals surface area contributed by atoms with Crippen LogP contribution in [0.2, 0.25) is 0 Å². The molecule has 0 aliphatic carbocycles. The summed E-state index contributed by atoms with van der Waals surface area (Å²) in [5.74, 6) is 1.68. The standard InChI is InChI=1S/C15H25NO/c1-5-12(3)14(16-6-2)11-13-9-7-8-10-15(13)17-4/h7-10,12,14,16H,5-6,11H2,1-4H3. The topological polar surface area (TPSA) is 21.3 Å². The Labute approximate surface area is 105 Å². The quantitative estimate of drug-likeness (QED) is 0.783. The number of likely N-dealkylation sites (N-methyl/N-ethyl adjacent to an activating group) is 1. The van der Waals surface area contributed by atoms with Crippen LogP contribution in [0.15, 0.2) is 24.3 Å². The van der Waals surface area contributed by atoms with E-state index in [9.17, 15) is 0 Å². The molecule has 2 unspecified atom stereocenters. The van der Waals surface area contributed by atoms with Crippen LogP contribution in [-0.2, 0) is 6.42 Å². The highest BCUT2D eigenvalue weighted by atomic mass is 16.5. The van der Waals surface area contributed by atoms with E-state index in [-0.39, 0.29) is 0 Å². The van der Waals surface area contributed by atoms with E-state index >= 15 is 0 Å². The molecule has 17 heavy (non-hydrogen) atoms. The van der Waals surface area contributed by atoms with Crippen molar-refractivity contribution in [1.29, 1.82) is 0 Å². The van der Waals surface area contributed by atoms with Crippen molar-refractivity contribution in [3.8, 4) is 5.75 Å². The predicted molar refractivity (Wildman–Crippen MR) is 73.6 cm³/mol. The molecule has 0 amide bonds. The van der Waals surface area contributed by atoms with Crippen molar-refractivity contribution in [3.63, 3.8) is 0 Å². The van der Waals surface area contributed by atoms with Gasteiger partial charge in [-0.15, -0.1) is 0 Å². The fourth-order valence-corrected chi connectivity index (χ4v) is 2.13. The summed E-state index contributed by atoms with van der Waals surface area (Å²) in [6, 6.07) is 8.83. The SMILES string of the molecule is CCNC(Cc1ccccc1OC)C(C)CC. The van der Waals surface area contributed by atoms with Crippen molar-refractivity contribution in [2.24, 2.45) is 5.92 Å². The molecule has 0 radical (unpaired) electrons. The van der Waals surface area contributed by atoms with Crippen LogP contribution >= 0.6 is 0 Å². The monoisotopic (exact) mass is 235 g/mol. The van der Waals surface area contributed by atoms with Gasteiger partial charge in [-0.1, -0.05) is 45.4 Å². The lowest BCUT2D eigenvalue weighted by Crippen LogP contribution is -2.36. The van der Waals surface area contributed by atoms with Crippen molar-refractivity contribution in [2.45, 2.75) is 39.7 Å². The minimum atomic E-state index is 0.529. The normalized spacial score (nSPS) is 14.4. The van der Waals surface area contributed by atoms with Crippen LogP contribution < -0.4 is 10.1 Å². The molecule has 1 N–H and O–H groups in total. The second kappa shape index (κ2) is 7.33. The van der Waals surface area contributed by atoms with Gasteiger partial charge in [-0.3, -0.25) is 0 Å². The third kappa shape index (κ3) is 4.04. The lowest BCUT2D eigenvalue weighted by atomic mass is 9.92. The molecule has 0 aliphatic heterocycles. The molecule has 1 aromatic rings. The molecular weight excluding hydrogens is 210 g/mol. The second-order valence-electron chi connectivity index (χ2n) is 4.57. The number of benzene rings is 1. The zero-order valence-corrected chi connectivity index (χ0v) is 11.5. The zero-order chi connectivity index (χ0) is 12.7. The molecule has 2 nitrogen and oxygen atoms in total. The van der Waals surface area contributed by atoms with Gasteiger partial charge in [0.2, 0.25) is 0 Å². The fourth-order valence-electron chi connectivity index (χ4n) is 2.13. The van der Waals surface area contributed by atoms with E-state index in [1.54, 1.807) is 7.11 Å². The number of rotatable bonds is 7. The molecule has 0 saturated heterocycles. The summed E-state index contributed by atoms with van der Waals surface area (Å²) in [7, 11) is 1.74. The van der Waals surface area contributed by atoms with E-state index in [1.807, 2.05) is 12.1 Å². The molecule has 1 rings (SSSR count). The maximum absolute atomic E-state index is 5.41. The average molecular weight is 235 g/mol. The van der Waals surface area contributed by atoms with Crippen LogP contribution in [0.5, 0.6) is 5.75 Å². The summed E-state index contributed by atoms with van der Waals surface area (Å²) in [6.45, 7) is 7.74. The Balaban J connectivity index is 2.77. The summed E-state index contributed by atoms with van der Waals surface area (Å²) in [5, 5.41) is 3.58. The van der Waals surface area contributed by atoms with Gasteiger partial charge in [0.1, 0.15) is 5.75 Å². The van der Waals surface area contributed by atoms with Crippen LogP contribution in [0, 0.1) is 5.92 Å². The van der Waals surface area contributed by atoms with Crippen LogP contribution in [0.4, 0.5) is 0 Å². The number of nitrogens with one attached hydrogen (secondary N) is 1. The van der Waals surface area contributed by atoms with Gasteiger partial charge < -0.3 is 10.1 Å². The Bertz CT molecular complexity index is 324. The highest BCUT2D eigenvalue weighted by Gasteiger charge is 2.16. The Hall–Kier alpha value is -1.02. The maximum Gasteiger partial charge on any atom is 0.122 e. The van der Waals surface area contributed by atoms with Gasteiger partial charge >= 0.3 is 0 Å². The maximum atomic E-state index is 5.41. The third-order valence-electron chi connectivity index (χ3n) is 3.43. The van der Waals surface area contributed by atoms with E-state index in [4.69, 9.17) is 4.74 Å². The molecule has 2 heteroatoms. The number of hydrogen-bond donors (Lipinski definition) is 1. The number of methoxy groups -OCH3 is 1. The summed E-state index contributed by atoms with van der Waals surface area (Å²) < 4.78 is 5.41. The second-order valence-corrected chi connectivity index (χ2v) is 4.57. The number of ether oxygens (including phenoxy) is 1. The van der Waals surface area contributed by atoms with E-state index in [2.05, 4.69) is 38.2 Å². The zero-order valence-electron chi connectivity index (χ0n) is 11.5. The van der Waals surface area contributed by atoms with Gasteiger partial charge in [-0.2, -0.15) is 0 Å². The van der Waals surface area contributed by atoms with Gasteiger partial charge in [-0.25, -0.2) is 0 Å². The first-order valence-corrected chi connectivity index (χ1v) is 6.58. The summed E-state index contributed by atoms with van der Waals surface area (Å²) in [4.78, 5) is 0. The predicted octanol–water partition coefficient (Wildman–Crippen LogP) is 3.26. The molecule has 2 atom stereocenters.